The van der Waals surface area contributed by atoms with E-state index in [1.165, 1.54) is 39.6 Å². The number of methoxy groups -OCH3 is 4. The lowest BCUT2D eigenvalue weighted by molar-refractivity contribution is -0.171. The van der Waals surface area contributed by atoms with Gasteiger partial charge in [0.25, 0.3) is 0 Å². The first-order valence-electron chi connectivity index (χ1n) is 15.3. The number of hydrogen-bond donors (Lipinski definition) is 0. The van der Waals surface area contributed by atoms with Crippen LogP contribution in [0.25, 0.3) is 0 Å². The van der Waals surface area contributed by atoms with E-state index in [0.717, 1.165) is 6.04 Å². The fraction of sp³-hybridized carbons (Fsp3) is 0.543. The van der Waals surface area contributed by atoms with E-state index < -0.39 is 42.8 Å². The fourth-order valence-electron chi connectivity index (χ4n) is 8.73. The second kappa shape index (κ2) is 13.3. The standard InChI is InChI=1S/C35H46O8Si/c1-23-18-34(30(36)40-2,31(37)41-3)20-27(23)28-21-35(32(38)42-4,33(39)43-5)19-26(28)22-44(6,7)29(24-14-10-8-11-15-24)25-16-12-9-13-17-25/h8-17,23,26-29H,18-22H2,1-7H3/t23-,26+,27-,28-/m0/s1. The van der Waals surface area contributed by atoms with Crippen molar-refractivity contribution in [3.05, 3.63) is 71.8 Å². The lowest BCUT2D eigenvalue weighted by Gasteiger charge is -2.38. The third kappa shape index (κ3) is 5.95. The second-order valence-corrected chi connectivity index (χ2v) is 18.4. The number of carbonyl (C=O) groups is 4. The van der Waals surface area contributed by atoms with Crippen LogP contribution in [0.1, 0.15) is 49.3 Å². The Morgan fingerprint density at radius 3 is 1.45 bits per heavy atom. The summed E-state index contributed by atoms with van der Waals surface area (Å²) in [6.45, 7) is 6.78. The number of benzene rings is 2. The molecule has 0 radical (unpaired) electrons. The number of esters is 4. The van der Waals surface area contributed by atoms with Crippen LogP contribution >= 0.6 is 0 Å². The number of ether oxygens (including phenoxy) is 4. The zero-order valence-corrected chi connectivity index (χ0v) is 28.0. The van der Waals surface area contributed by atoms with Gasteiger partial charge in [-0.2, -0.15) is 0 Å². The van der Waals surface area contributed by atoms with E-state index >= 15 is 0 Å². The van der Waals surface area contributed by atoms with Gasteiger partial charge in [-0.1, -0.05) is 86.7 Å². The Morgan fingerprint density at radius 2 is 1.05 bits per heavy atom. The Balaban J connectivity index is 1.80. The molecule has 2 aliphatic rings. The highest BCUT2D eigenvalue weighted by molar-refractivity contribution is 6.79. The Morgan fingerprint density at radius 1 is 0.659 bits per heavy atom. The molecular formula is C35H46O8Si. The van der Waals surface area contributed by atoms with Crippen molar-refractivity contribution in [2.24, 2.45) is 34.5 Å². The molecule has 0 aromatic heterocycles. The first kappa shape index (κ1) is 33.4. The Kier molecular flexibility index (Phi) is 10.1. The normalized spacial score (nSPS) is 24.0. The highest BCUT2D eigenvalue weighted by Gasteiger charge is 2.64. The highest BCUT2D eigenvalue weighted by atomic mass is 28.3. The molecule has 8 nitrogen and oxygen atoms in total. The molecule has 0 heterocycles. The maximum absolute atomic E-state index is 13.4. The van der Waals surface area contributed by atoms with Crippen LogP contribution in [0.5, 0.6) is 0 Å². The molecule has 0 bridgehead atoms. The number of hydrogen-bond acceptors (Lipinski definition) is 8. The van der Waals surface area contributed by atoms with E-state index in [2.05, 4.69) is 61.6 Å². The monoisotopic (exact) mass is 622 g/mol. The molecule has 4 rings (SSSR count). The summed E-state index contributed by atoms with van der Waals surface area (Å²) in [5.74, 6) is -2.80. The molecule has 0 spiro atoms. The molecule has 44 heavy (non-hydrogen) atoms. The zero-order valence-electron chi connectivity index (χ0n) is 27.0. The van der Waals surface area contributed by atoms with Crippen molar-refractivity contribution in [3.63, 3.8) is 0 Å². The molecule has 0 unspecified atom stereocenters. The fourth-order valence-corrected chi connectivity index (χ4v) is 13.0. The van der Waals surface area contributed by atoms with E-state index in [1.807, 2.05) is 19.1 Å². The van der Waals surface area contributed by atoms with Crippen LogP contribution in [-0.2, 0) is 38.1 Å². The van der Waals surface area contributed by atoms with Crippen molar-refractivity contribution in [3.8, 4) is 0 Å². The van der Waals surface area contributed by atoms with Gasteiger partial charge in [0, 0.05) is 5.54 Å². The van der Waals surface area contributed by atoms with Crippen LogP contribution in [0.4, 0.5) is 0 Å². The molecule has 2 fully saturated rings. The molecule has 2 aliphatic carbocycles. The Labute approximate surface area is 261 Å². The lowest BCUT2D eigenvalue weighted by atomic mass is 9.76. The van der Waals surface area contributed by atoms with Gasteiger partial charge in [0.05, 0.1) is 36.5 Å². The summed E-state index contributed by atoms with van der Waals surface area (Å²) < 4.78 is 20.7. The topological polar surface area (TPSA) is 105 Å². The van der Waals surface area contributed by atoms with Crippen LogP contribution in [-0.4, -0.2) is 60.4 Å². The first-order chi connectivity index (χ1) is 20.9. The summed E-state index contributed by atoms with van der Waals surface area (Å²) in [5, 5.41) is 0. The van der Waals surface area contributed by atoms with Crippen LogP contribution < -0.4 is 0 Å². The molecule has 2 aromatic carbocycles. The van der Waals surface area contributed by atoms with Gasteiger partial charge in [0.15, 0.2) is 10.8 Å². The lowest BCUT2D eigenvalue weighted by Crippen LogP contribution is -2.41. The summed E-state index contributed by atoms with van der Waals surface area (Å²) in [6.07, 6.45) is 1.03. The van der Waals surface area contributed by atoms with Gasteiger partial charge >= 0.3 is 23.9 Å². The van der Waals surface area contributed by atoms with E-state index in [-0.39, 0.29) is 54.9 Å². The van der Waals surface area contributed by atoms with Gasteiger partial charge in [-0.25, -0.2) is 0 Å². The summed E-state index contributed by atoms with van der Waals surface area (Å²) in [5.41, 5.74) is -0.242. The van der Waals surface area contributed by atoms with Gasteiger partial charge in [-0.15, -0.1) is 0 Å². The van der Waals surface area contributed by atoms with Crippen molar-refractivity contribution in [2.75, 3.05) is 28.4 Å². The van der Waals surface area contributed by atoms with Crippen LogP contribution in [0.2, 0.25) is 19.1 Å². The molecule has 4 atom stereocenters. The van der Waals surface area contributed by atoms with Crippen molar-refractivity contribution >= 4 is 32.0 Å². The van der Waals surface area contributed by atoms with Crippen LogP contribution in [0, 0.1) is 34.5 Å². The summed E-state index contributed by atoms with van der Waals surface area (Å²) in [4.78, 5) is 53.1. The molecule has 0 N–H and O–H groups in total. The third-order valence-electron chi connectivity index (χ3n) is 10.5. The highest BCUT2D eigenvalue weighted by Crippen LogP contribution is 2.60. The molecule has 0 amide bonds. The molecule has 9 heteroatoms. The van der Waals surface area contributed by atoms with Crippen molar-refractivity contribution in [2.45, 2.75) is 57.3 Å². The van der Waals surface area contributed by atoms with Crippen LogP contribution in [0.15, 0.2) is 60.7 Å². The predicted octanol–water partition coefficient (Wildman–Crippen LogP) is 5.80. The molecule has 2 aromatic rings. The Hall–Kier alpha value is -3.46. The van der Waals surface area contributed by atoms with E-state index in [1.54, 1.807) is 0 Å². The molecule has 0 saturated heterocycles. The van der Waals surface area contributed by atoms with E-state index in [9.17, 15) is 19.2 Å². The average molecular weight is 623 g/mol. The van der Waals surface area contributed by atoms with Gasteiger partial charge in [0.2, 0.25) is 0 Å². The largest absolute Gasteiger partial charge is 0.468 e. The van der Waals surface area contributed by atoms with Crippen molar-refractivity contribution in [1.29, 1.82) is 0 Å². The maximum Gasteiger partial charge on any atom is 0.323 e. The zero-order chi connectivity index (χ0) is 32.3. The number of rotatable bonds is 10. The summed E-state index contributed by atoms with van der Waals surface area (Å²) in [6, 6.07) is 21.8. The van der Waals surface area contributed by atoms with E-state index in [4.69, 9.17) is 18.9 Å². The van der Waals surface area contributed by atoms with Gasteiger partial charge in [-0.05, 0) is 60.5 Å². The minimum Gasteiger partial charge on any atom is -0.468 e. The first-order valence-corrected chi connectivity index (χ1v) is 18.6. The molecule has 2 saturated carbocycles. The van der Waals surface area contributed by atoms with E-state index in [0.29, 0.717) is 0 Å². The van der Waals surface area contributed by atoms with Gasteiger partial charge in [-0.3, -0.25) is 19.2 Å². The van der Waals surface area contributed by atoms with Crippen molar-refractivity contribution < 1.29 is 38.1 Å². The van der Waals surface area contributed by atoms with Gasteiger partial charge in [0.1, 0.15) is 0 Å². The number of carbonyl (C=O) groups excluding carboxylic acids is 4. The summed E-state index contributed by atoms with van der Waals surface area (Å²) >= 11 is 0. The van der Waals surface area contributed by atoms with Crippen LogP contribution in [0.3, 0.4) is 0 Å². The second-order valence-electron chi connectivity index (χ2n) is 13.5. The molecular weight excluding hydrogens is 576 g/mol. The molecule has 238 valence electrons. The predicted molar refractivity (Wildman–Crippen MR) is 168 cm³/mol. The third-order valence-corrected chi connectivity index (χ3v) is 14.3. The van der Waals surface area contributed by atoms with Crippen molar-refractivity contribution in [1.82, 2.24) is 0 Å². The minimum absolute atomic E-state index is 0.0525. The maximum atomic E-state index is 13.4. The smallest absolute Gasteiger partial charge is 0.323 e. The minimum atomic E-state index is -2.23. The SMILES string of the molecule is COC(=O)C1(C(=O)OC)C[C@H](C[Si](C)(C)C(c2ccccc2)c2ccccc2)[C@@H]([C@H]2CC(C(=O)OC)(C(=O)OC)C[C@@H]2C)C1. The average Bonchev–Trinajstić information content (AvgIpc) is 3.58. The Bertz CT molecular complexity index is 1270. The molecule has 0 aliphatic heterocycles. The quantitative estimate of drug-likeness (QED) is 0.142. The summed E-state index contributed by atoms with van der Waals surface area (Å²) in [7, 11) is 2.93. The van der Waals surface area contributed by atoms with Gasteiger partial charge < -0.3 is 18.9 Å².